The molecule has 0 bridgehead atoms. The van der Waals surface area contributed by atoms with Crippen molar-refractivity contribution in [2.45, 2.75) is 38.4 Å². The molecule has 0 heterocycles. The van der Waals surface area contributed by atoms with Crippen molar-refractivity contribution in [3.63, 3.8) is 0 Å². The largest absolute Gasteiger partial charge is 0.479 e. The van der Waals surface area contributed by atoms with Crippen LogP contribution in [0.3, 0.4) is 0 Å². The first-order valence-electron chi connectivity index (χ1n) is 11.0. The Hall–Kier alpha value is -3.22. The number of nitrogens with one attached hydrogen (secondary N) is 1. The molecule has 0 aliphatic heterocycles. The minimum atomic E-state index is -0.941. The Labute approximate surface area is 200 Å². The molecule has 0 saturated carbocycles. The second-order valence-corrected chi connectivity index (χ2v) is 8.01. The number of benzene rings is 3. The SMILES string of the molecule is CCO[C@@H](Cc1ccc(CCC(OC(=S)Nc2ccccc2)c2ccccc2)cc1)C(=O)O. The molecule has 3 aromatic carbocycles. The summed E-state index contributed by atoms with van der Waals surface area (Å²) in [4.78, 5) is 11.3. The molecule has 0 radical (unpaired) electrons. The van der Waals surface area contributed by atoms with Crippen molar-refractivity contribution in [1.29, 1.82) is 0 Å². The fraction of sp³-hybridized carbons (Fsp3) is 0.259. The fourth-order valence-electron chi connectivity index (χ4n) is 3.53. The fourth-order valence-corrected chi connectivity index (χ4v) is 3.77. The molecule has 0 amide bonds. The third-order valence-corrected chi connectivity index (χ3v) is 5.42. The van der Waals surface area contributed by atoms with Crippen LogP contribution in [0.5, 0.6) is 0 Å². The number of carbonyl (C=O) groups is 1. The second kappa shape index (κ2) is 12.7. The van der Waals surface area contributed by atoms with Crippen LogP contribution in [0.15, 0.2) is 84.9 Å². The van der Waals surface area contributed by atoms with Gasteiger partial charge in [0.05, 0.1) is 0 Å². The summed E-state index contributed by atoms with van der Waals surface area (Å²) in [5.41, 5.74) is 4.03. The molecule has 0 saturated heterocycles. The molecule has 1 unspecified atom stereocenters. The number of hydrogen-bond acceptors (Lipinski definition) is 4. The molecule has 33 heavy (non-hydrogen) atoms. The molecule has 5 nitrogen and oxygen atoms in total. The molecule has 3 aromatic rings. The standard InChI is InChI=1S/C27H29NO4S/c1-2-31-25(26(29)30)19-21-15-13-20(14-16-21)17-18-24(22-9-5-3-6-10-22)32-27(33)28-23-11-7-4-8-12-23/h3-16,24-25H,2,17-19H2,1H3,(H,28,33)(H,29,30)/t24?,25-/m0/s1. The van der Waals surface area contributed by atoms with Gasteiger partial charge in [-0.2, -0.15) is 0 Å². The van der Waals surface area contributed by atoms with E-state index in [0.29, 0.717) is 18.2 Å². The lowest BCUT2D eigenvalue weighted by Gasteiger charge is -2.21. The zero-order valence-electron chi connectivity index (χ0n) is 18.6. The van der Waals surface area contributed by atoms with E-state index < -0.39 is 12.1 Å². The maximum atomic E-state index is 11.3. The summed E-state index contributed by atoms with van der Waals surface area (Å²) in [6.07, 6.45) is 0.871. The highest BCUT2D eigenvalue weighted by atomic mass is 32.1. The number of aryl methyl sites for hydroxylation is 1. The summed E-state index contributed by atoms with van der Waals surface area (Å²) in [5.74, 6) is -0.941. The lowest BCUT2D eigenvalue weighted by atomic mass is 9.99. The molecule has 0 aliphatic carbocycles. The van der Waals surface area contributed by atoms with Gasteiger partial charge in [0.15, 0.2) is 6.10 Å². The van der Waals surface area contributed by atoms with Crippen LogP contribution >= 0.6 is 12.2 Å². The molecular formula is C27H29NO4S. The van der Waals surface area contributed by atoms with Gasteiger partial charge in [0.2, 0.25) is 0 Å². The van der Waals surface area contributed by atoms with Crippen molar-refractivity contribution in [3.8, 4) is 0 Å². The zero-order chi connectivity index (χ0) is 23.5. The molecule has 0 fully saturated rings. The Morgan fingerprint density at radius 1 is 0.939 bits per heavy atom. The Bertz CT molecular complexity index is 1010. The van der Waals surface area contributed by atoms with Crippen molar-refractivity contribution in [1.82, 2.24) is 0 Å². The molecule has 2 atom stereocenters. The first-order chi connectivity index (χ1) is 16.0. The number of aliphatic carboxylic acids is 1. The van der Waals surface area contributed by atoms with Crippen molar-refractivity contribution < 1.29 is 19.4 Å². The first kappa shape index (κ1) is 24.4. The Balaban J connectivity index is 1.62. The van der Waals surface area contributed by atoms with E-state index in [9.17, 15) is 9.90 Å². The van der Waals surface area contributed by atoms with Crippen molar-refractivity contribution in [2.75, 3.05) is 11.9 Å². The molecule has 2 N–H and O–H groups in total. The van der Waals surface area contributed by atoms with Gasteiger partial charge in [-0.15, -0.1) is 0 Å². The molecule has 172 valence electrons. The number of carboxylic acids is 1. The third-order valence-electron chi connectivity index (χ3n) is 5.22. The number of carboxylic acid groups (broad SMARTS) is 1. The lowest BCUT2D eigenvalue weighted by molar-refractivity contribution is -0.149. The highest BCUT2D eigenvalue weighted by molar-refractivity contribution is 7.80. The maximum Gasteiger partial charge on any atom is 0.333 e. The summed E-state index contributed by atoms with van der Waals surface area (Å²) >= 11 is 5.45. The summed E-state index contributed by atoms with van der Waals surface area (Å²) in [6.45, 7) is 2.17. The van der Waals surface area contributed by atoms with E-state index in [0.717, 1.165) is 35.2 Å². The third kappa shape index (κ3) is 8.00. The zero-order valence-corrected chi connectivity index (χ0v) is 19.5. The van der Waals surface area contributed by atoms with Crippen LogP contribution < -0.4 is 5.32 Å². The molecule has 6 heteroatoms. The first-order valence-corrected chi connectivity index (χ1v) is 11.5. The highest BCUT2D eigenvalue weighted by Gasteiger charge is 2.18. The number of para-hydroxylation sites is 1. The van der Waals surface area contributed by atoms with Crippen LogP contribution in [0.4, 0.5) is 5.69 Å². The van der Waals surface area contributed by atoms with Crippen molar-refractivity contribution in [2.24, 2.45) is 0 Å². The summed E-state index contributed by atoms with van der Waals surface area (Å²) in [5, 5.41) is 12.8. The number of ether oxygens (including phenoxy) is 2. The quantitative estimate of drug-likeness (QED) is 0.350. The van der Waals surface area contributed by atoms with Gasteiger partial charge in [-0.1, -0.05) is 72.8 Å². The summed E-state index contributed by atoms with van der Waals surface area (Å²) < 4.78 is 11.4. The van der Waals surface area contributed by atoms with Gasteiger partial charge in [-0.25, -0.2) is 4.79 Å². The van der Waals surface area contributed by atoms with Gasteiger partial charge in [0.25, 0.3) is 5.17 Å². The summed E-state index contributed by atoms with van der Waals surface area (Å²) in [6, 6.07) is 27.7. The number of hydrogen-bond donors (Lipinski definition) is 2. The van der Waals surface area contributed by atoms with Crippen molar-refractivity contribution >= 4 is 29.0 Å². The number of anilines is 1. The van der Waals surface area contributed by atoms with Gasteiger partial charge in [-0.3, -0.25) is 0 Å². The van der Waals surface area contributed by atoms with Crippen LogP contribution in [-0.4, -0.2) is 29.0 Å². The predicted molar refractivity (Wildman–Crippen MR) is 134 cm³/mol. The van der Waals surface area contributed by atoms with E-state index in [1.807, 2.05) is 84.9 Å². The smallest absolute Gasteiger partial charge is 0.333 e. The van der Waals surface area contributed by atoms with Crippen LogP contribution in [0.2, 0.25) is 0 Å². The van der Waals surface area contributed by atoms with E-state index in [2.05, 4.69) is 5.32 Å². The average molecular weight is 464 g/mol. The molecule has 0 aliphatic rings. The second-order valence-electron chi connectivity index (χ2n) is 7.64. The van der Waals surface area contributed by atoms with Gasteiger partial charge in [0, 0.05) is 18.7 Å². The van der Waals surface area contributed by atoms with E-state index >= 15 is 0 Å². The normalized spacial score (nSPS) is 12.5. The van der Waals surface area contributed by atoms with Crippen LogP contribution in [0, 0.1) is 0 Å². The topological polar surface area (TPSA) is 67.8 Å². The molecular weight excluding hydrogens is 434 g/mol. The monoisotopic (exact) mass is 463 g/mol. The highest BCUT2D eigenvalue weighted by Crippen LogP contribution is 2.24. The van der Waals surface area contributed by atoms with Gasteiger partial charge in [0.1, 0.15) is 6.10 Å². The van der Waals surface area contributed by atoms with Crippen LogP contribution in [0.25, 0.3) is 0 Å². The van der Waals surface area contributed by atoms with Gasteiger partial charge >= 0.3 is 5.97 Å². The van der Waals surface area contributed by atoms with Gasteiger partial charge in [-0.05, 0) is 60.8 Å². The molecule has 3 rings (SSSR count). The maximum absolute atomic E-state index is 11.3. The molecule has 0 spiro atoms. The Morgan fingerprint density at radius 3 is 2.15 bits per heavy atom. The van der Waals surface area contributed by atoms with E-state index in [1.165, 1.54) is 0 Å². The van der Waals surface area contributed by atoms with E-state index in [-0.39, 0.29) is 6.10 Å². The minimum Gasteiger partial charge on any atom is -0.479 e. The lowest BCUT2D eigenvalue weighted by Crippen LogP contribution is -2.26. The van der Waals surface area contributed by atoms with Crippen LogP contribution in [0.1, 0.15) is 36.1 Å². The average Bonchev–Trinajstić information content (AvgIpc) is 2.83. The van der Waals surface area contributed by atoms with Crippen LogP contribution in [-0.2, 0) is 27.1 Å². The minimum absolute atomic E-state index is 0.191. The van der Waals surface area contributed by atoms with E-state index in [1.54, 1.807) is 6.92 Å². The Morgan fingerprint density at radius 2 is 1.55 bits per heavy atom. The summed E-state index contributed by atoms with van der Waals surface area (Å²) in [7, 11) is 0. The predicted octanol–water partition coefficient (Wildman–Crippen LogP) is 5.81. The van der Waals surface area contributed by atoms with E-state index in [4.69, 9.17) is 21.7 Å². The van der Waals surface area contributed by atoms with Gasteiger partial charge < -0.3 is 19.9 Å². The Kier molecular flexibility index (Phi) is 9.42. The molecule has 0 aromatic heterocycles. The number of thiocarbonyl (C=S) groups is 1. The van der Waals surface area contributed by atoms with Crippen molar-refractivity contribution in [3.05, 3.63) is 102 Å². The number of rotatable bonds is 11.